The molecule has 0 spiro atoms. The van der Waals surface area contributed by atoms with Crippen LogP contribution in [0.15, 0.2) is 57.3 Å². The highest BCUT2D eigenvalue weighted by molar-refractivity contribution is 5.78. The topological polar surface area (TPSA) is 79.4 Å². The van der Waals surface area contributed by atoms with Crippen molar-refractivity contribution < 1.29 is 4.79 Å². The maximum Gasteiger partial charge on any atom is 0.151 e. The minimum atomic E-state index is -0.635. The van der Waals surface area contributed by atoms with Crippen LogP contribution >= 0.6 is 0 Å². The highest BCUT2D eigenvalue weighted by Gasteiger charge is 2.33. The van der Waals surface area contributed by atoms with Crippen molar-refractivity contribution in [3.63, 3.8) is 0 Å². The molecule has 2 aliphatic heterocycles. The highest BCUT2D eigenvalue weighted by Crippen LogP contribution is 2.36. The molecule has 0 saturated heterocycles. The molecule has 3 heterocycles. The van der Waals surface area contributed by atoms with Crippen molar-refractivity contribution in [3.8, 4) is 0 Å². The molecule has 1 aromatic rings. The van der Waals surface area contributed by atoms with Crippen molar-refractivity contribution >= 4 is 6.29 Å². The van der Waals surface area contributed by atoms with E-state index in [1.807, 2.05) is 32.1 Å². The molecule has 0 radical (unpaired) electrons. The number of hydrogen-bond acceptors (Lipinski definition) is 6. The maximum atomic E-state index is 11.2. The van der Waals surface area contributed by atoms with Gasteiger partial charge in [-0.3, -0.25) is 9.78 Å². The second-order valence-corrected chi connectivity index (χ2v) is 5.13. The molecule has 0 amide bonds. The van der Waals surface area contributed by atoms with E-state index in [0.29, 0.717) is 5.56 Å². The van der Waals surface area contributed by atoms with Crippen LogP contribution in [0.5, 0.6) is 0 Å². The fourth-order valence-corrected chi connectivity index (χ4v) is 2.29. The first-order chi connectivity index (χ1) is 9.57. The summed E-state index contributed by atoms with van der Waals surface area (Å²) in [4.78, 5) is 15.6. The molecule has 2 atom stereocenters. The van der Waals surface area contributed by atoms with E-state index in [1.165, 1.54) is 0 Å². The van der Waals surface area contributed by atoms with E-state index in [2.05, 4.69) is 25.4 Å². The lowest BCUT2D eigenvalue weighted by molar-refractivity contribution is 0.112. The molecule has 100 valence electrons. The minimum Gasteiger partial charge on any atom is -0.298 e. The molecule has 0 aliphatic carbocycles. The lowest BCUT2D eigenvalue weighted by Crippen LogP contribution is -2.21. The van der Waals surface area contributed by atoms with Gasteiger partial charge in [0.05, 0.1) is 5.69 Å². The standard InChI is InChI=1S/C14H13N5O/c1-13(3-5-16-18-13)11-7-12(15-8-10(11)9-20)14(2)4-6-17-19-14/h3-9H,1-2H3. The van der Waals surface area contributed by atoms with Gasteiger partial charge in [-0.1, -0.05) is 0 Å². The van der Waals surface area contributed by atoms with Crippen LogP contribution in [0, 0.1) is 0 Å². The lowest BCUT2D eigenvalue weighted by atomic mass is 9.87. The first-order valence-electron chi connectivity index (χ1n) is 6.23. The third-order valence-corrected chi connectivity index (χ3v) is 3.59. The molecule has 2 aliphatic rings. The van der Waals surface area contributed by atoms with Crippen molar-refractivity contribution in [2.24, 2.45) is 20.5 Å². The molecule has 3 rings (SSSR count). The molecule has 6 heteroatoms. The Hall–Kier alpha value is -2.50. The van der Waals surface area contributed by atoms with Crippen molar-refractivity contribution in [1.29, 1.82) is 0 Å². The van der Waals surface area contributed by atoms with E-state index >= 15 is 0 Å². The number of nitrogens with zero attached hydrogens (tertiary/aromatic N) is 5. The Balaban J connectivity index is 2.16. The molecule has 6 nitrogen and oxygen atoms in total. The Bertz CT molecular complexity index is 663. The fraction of sp³-hybridized carbons (Fsp3) is 0.286. The van der Waals surface area contributed by atoms with Crippen LogP contribution in [0.1, 0.15) is 35.5 Å². The minimum absolute atomic E-state index is 0.504. The Kier molecular flexibility index (Phi) is 2.67. The van der Waals surface area contributed by atoms with Crippen LogP contribution in [0.2, 0.25) is 0 Å². The third kappa shape index (κ3) is 1.80. The van der Waals surface area contributed by atoms with Gasteiger partial charge >= 0.3 is 0 Å². The van der Waals surface area contributed by atoms with Gasteiger partial charge in [-0.05, 0) is 37.6 Å². The summed E-state index contributed by atoms with van der Waals surface area (Å²) in [5.41, 5.74) is 0.777. The van der Waals surface area contributed by atoms with Crippen LogP contribution in [0.25, 0.3) is 0 Å². The second-order valence-electron chi connectivity index (χ2n) is 5.13. The summed E-state index contributed by atoms with van der Waals surface area (Å²) in [6.45, 7) is 3.82. The molecule has 0 fully saturated rings. The van der Waals surface area contributed by atoms with Gasteiger partial charge in [-0.25, -0.2) is 0 Å². The van der Waals surface area contributed by atoms with E-state index in [1.54, 1.807) is 18.6 Å². The van der Waals surface area contributed by atoms with Crippen molar-refractivity contribution in [2.45, 2.75) is 24.9 Å². The van der Waals surface area contributed by atoms with Gasteiger partial charge in [0.15, 0.2) is 6.29 Å². The first-order valence-corrected chi connectivity index (χ1v) is 6.23. The SMILES string of the molecule is CC1(c2cc(C3(C)C=CN=N3)c(C=O)cn2)C=CN=N1. The highest BCUT2D eigenvalue weighted by atomic mass is 16.1. The Labute approximate surface area is 116 Å². The van der Waals surface area contributed by atoms with Crippen molar-refractivity contribution in [3.05, 3.63) is 53.6 Å². The van der Waals surface area contributed by atoms with Crippen LogP contribution in [0.4, 0.5) is 0 Å². The molecule has 2 unspecified atom stereocenters. The summed E-state index contributed by atoms with van der Waals surface area (Å²) in [6, 6.07) is 1.85. The molecule has 0 aromatic carbocycles. The predicted molar refractivity (Wildman–Crippen MR) is 72.3 cm³/mol. The number of rotatable bonds is 3. The van der Waals surface area contributed by atoms with Gasteiger partial charge < -0.3 is 0 Å². The monoisotopic (exact) mass is 267 g/mol. The number of aldehydes is 1. The number of pyridine rings is 1. The number of aromatic nitrogens is 1. The zero-order valence-corrected chi connectivity index (χ0v) is 11.2. The zero-order valence-electron chi connectivity index (χ0n) is 11.2. The zero-order chi connectivity index (χ0) is 14.2. The van der Waals surface area contributed by atoms with Gasteiger partial charge in [-0.15, -0.1) is 0 Å². The van der Waals surface area contributed by atoms with Gasteiger partial charge in [0.2, 0.25) is 0 Å². The van der Waals surface area contributed by atoms with Gasteiger partial charge in [-0.2, -0.15) is 20.5 Å². The summed E-state index contributed by atoms with van der Waals surface area (Å²) in [5.74, 6) is 0. The molecule has 0 saturated carbocycles. The molecule has 0 N–H and O–H groups in total. The van der Waals surface area contributed by atoms with E-state index in [9.17, 15) is 4.79 Å². The Morgan fingerprint density at radius 2 is 1.70 bits per heavy atom. The van der Waals surface area contributed by atoms with Crippen LogP contribution in [0.3, 0.4) is 0 Å². The van der Waals surface area contributed by atoms with Crippen LogP contribution in [-0.2, 0) is 11.1 Å². The third-order valence-electron chi connectivity index (χ3n) is 3.59. The molecule has 20 heavy (non-hydrogen) atoms. The normalized spacial score (nSPS) is 30.3. The maximum absolute atomic E-state index is 11.2. The quantitative estimate of drug-likeness (QED) is 0.787. The van der Waals surface area contributed by atoms with E-state index < -0.39 is 11.1 Å². The van der Waals surface area contributed by atoms with E-state index in [-0.39, 0.29) is 0 Å². The molecular formula is C14H13N5O. The van der Waals surface area contributed by atoms with E-state index in [4.69, 9.17) is 0 Å². The summed E-state index contributed by atoms with van der Waals surface area (Å²) < 4.78 is 0. The second kappa shape index (κ2) is 4.26. The Morgan fingerprint density at radius 1 is 1.05 bits per heavy atom. The smallest absolute Gasteiger partial charge is 0.151 e. The van der Waals surface area contributed by atoms with Gasteiger partial charge in [0, 0.05) is 24.2 Å². The Morgan fingerprint density at radius 3 is 2.25 bits per heavy atom. The summed E-state index contributed by atoms with van der Waals surface area (Å²) in [7, 11) is 0. The lowest BCUT2D eigenvalue weighted by Gasteiger charge is -2.22. The van der Waals surface area contributed by atoms with Gasteiger partial charge in [0.25, 0.3) is 0 Å². The average molecular weight is 267 g/mol. The van der Waals surface area contributed by atoms with Crippen LogP contribution in [-0.4, -0.2) is 11.3 Å². The number of hydrogen-bond donors (Lipinski definition) is 0. The number of azo groups is 2. The number of carbonyl (C=O) groups is 1. The van der Waals surface area contributed by atoms with Crippen molar-refractivity contribution in [2.75, 3.05) is 0 Å². The largest absolute Gasteiger partial charge is 0.298 e. The molecule has 1 aromatic heterocycles. The number of carbonyl (C=O) groups excluding carboxylic acids is 1. The van der Waals surface area contributed by atoms with E-state index in [0.717, 1.165) is 17.5 Å². The molecule has 0 bridgehead atoms. The van der Waals surface area contributed by atoms with Gasteiger partial charge in [0.1, 0.15) is 11.1 Å². The average Bonchev–Trinajstić information content (AvgIpc) is 3.09. The molecular weight excluding hydrogens is 254 g/mol. The fourth-order valence-electron chi connectivity index (χ4n) is 2.29. The summed E-state index contributed by atoms with van der Waals surface area (Å²) in [5, 5.41) is 16.1. The summed E-state index contributed by atoms with van der Waals surface area (Å²) in [6.07, 6.45) is 9.34. The predicted octanol–water partition coefficient (Wildman–Crippen LogP) is 3.28. The van der Waals surface area contributed by atoms with Crippen molar-refractivity contribution in [1.82, 2.24) is 4.98 Å². The van der Waals surface area contributed by atoms with Crippen LogP contribution < -0.4 is 0 Å². The summed E-state index contributed by atoms with van der Waals surface area (Å²) >= 11 is 0. The first kappa shape index (κ1) is 12.5.